The molecule has 3 N–H and O–H groups in total. The van der Waals surface area contributed by atoms with Gasteiger partial charge in [-0.1, -0.05) is 32.9 Å². The van der Waals surface area contributed by atoms with Crippen LogP contribution >= 0.6 is 0 Å². The molecular weight excluding hydrogens is 212 g/mol. The van der Waals surface area contributed by atoms with Crippen molar-refractivity contribution in [2.24, 2.45) is 11.1 Å². The molecule has 0 bridgehead atoms. The summed E-state index contributed by atoms with van der Waals surface area (Å²) >= 11 is 0. The van der Waals surface area contributed by atoms with Crippen LogP contribution in [0.25, 0.3) is 0 Å². The zero-order valence-electron chi connectivity index (χ0n) is 10.9. The van der Waals surface area contributed by atoms with Crippen molar-refractivity contribution < 1.29 is 4.79 Å². The van der Waals surface area contributed by atoms with Gasteiger partial charge in [0.2, 0.25) is 5.91 Å². The number of amides is 1. The van der Waals surface area contributed by atoms with Crippen LogP contribution in [0.4, 0.5) is 0 Å². The van der Waals surface area contributed by atoms with Gasteiger partial charge in [-0.3, -0.25) is 4.79 Å². The quantitative estimate of drug-likeness (QED) is 0.793. The number of nitrogens with two attached hydrogens (primary N) is 1. The Kier molecular flexibility index (Phi) is 4.70. The van der Waals surface area contributed by atoms with Crippen LogP contribution in [0.2, 0.25) is 0 Å². The highest BCUT2D eigenvalue weighted by Crippen LogP contribution is 2.17. The summed E-state index contributed by atoms with van der Waals surface area (Å²) < 4.78 is 0. The van der Waals surface area contributed by atoms with Gasteiger partial charge in [0.15, 0.2) is 0 Å². The van der Waals surface area contributed by atoms with E-state index in [1.54, 1.807) is 6.07 Å². The molecule has 0 atom stereocenters. The molecule has 0 aromatic heterocycles. The van der Waals surface area contributed by atoms with Gasteiger partial charge in [0.1, 0.15) is 0 Å². The summed E-state index contributed by atoms with van der Waals surface area (Å²) in [4.78, 5) is 11.0. The number of carbonyl (C=O) groups is 1. The van der Waals surface area contributed by atoms with Crippen molar-refractivity contribution in [2.75, 3.05) is 6.54 Å². The average Bonchev–Trinajstić information content (AvgIpc) is 2.29. The molecule has 1 aromatic rings. The van der Waals surface area contributed by atoms with Crippen molar-refractivity contribution in [2.45, 2.75) is 33.7 Å². The zero-order valence-corrected chi connectivity index (χ0v) is 10.9. The Hall–Kier alpha value is -1.35. The Morgan fingerprint density at radius 2 is 2.12 bits per heavy atom. The Morgan fingerprint density at radius 1 is 1.41 bits per heavy atom. The smallest absolute Gasteiger partial charge is 0.248 e. The van der Waals surface area contributed by atoms with Crippen molar-refractivity contribution in [3.05, 3.63) is 35.4 Å². The van der Waals surface area contributed by atoms with Gasteiger partial charge < -0.3 is 11.1 Å². The topological polar surface area (TPSA) is 55.1 Å². The highest BCUT2D eigenvalue weighted by atomic mass is 16.1. The Morgan fingerprint density at radius 3 is 2.71 bits per heavy atom. The van der Waals surface area contributed by atoms with Crippen molar-refractivity contribution in [3.8, 4) is 0 Å². The van der Waals surface area contributed by atoms with Crippen molar-refractivity contribution >= 4 is 5.91 Å². The molecule has 3 heteroatoms. The van der Waals surface area contributed by atoms with E-state index in [1.165, 1.54) is 0 Å². The van der Waals surface area contributed by atoms with Gasteiger partial charge in [-0.2, -0.15) is 0 Å². The molecule has 0 fully saturated rings. The average molecular weight is 234 g/mol. The number of hydrogen-bond acceptors (Lipinski definition) is 2. The molecule has 94 valence electrons. The minimum atomic E-state index is -0.374. The number of carbonyl (C=O) groups excluding carboxylic acids is 1. The van der Waals surface area contributed by atoms with Crippen LogP contribution in [0.1, 0.15) is 43.1 Å². The van der Waals surface area contributed by atoms with Crippen molar-refractivity contribution in [1.29, 1.82) is 0 Å². The molecule has 0 unspecified atom stereocenters. The third kappa shape index (κ3) is 4.57. The van der Waals surface area contributed by atoms with E-state index in [4.69, 9.17) is 5.73 Å². The molecule has 0 saturated carbocycles. The summed E-state index contributed by atoms with van der Waals surface area (Å²) in [7, 11) is 0. The number of benzene rings is 1. The minimum Gasteiger partial charge on any atom is -0.366 e. The third-order valence-corrected chi connectivity index (χ3v) is 3.10. The summed E-state index contributed by atoms with van der Waals surface area (Å²) in [5.41, 5.74) is 7.21. The zero-order chi connectivity index (χ0) is 12.9. The molecule has 0 aliphatic rings. The number of primary amides is 1. The maximum Gasteiger partial charge on any atom is 0.248 e. The highest BCUT2D eigenvalue weighted by Gasteiger charge is 2.13. The summed E-state index contributed by atoms with van der Waals surface area (Å²) in [6.45, 7) is 8.39. The lowest BCUT2D eigenvalue weighted by Crippen LogP contribution is -2.28. The van der Waals surface area contributed by atoms with E-state index in [-0.39, 0.29) is 5.91 Å². The fourth-order valence-corrected chi connectivity index (χ4v) is 1.50. The monoisotopic (exact) mass is 234 g/mol. The first-order valence-electron chi connectivity index (χ1n) is 6.04. The molecule has 3 nitrogen and oxygen atoms in total. The number of rotatable bonds is 6. The van der Waals surface area contributed by atoms with E-state index in [0.29, 0.717) is 11.0 Å². The van der Waals surface area contributed by atoms with Crippen LogP contribution in [0, 0.1) is 5.41 Å². The molecule has 0 aliphatic carbocycles. The second-order valence-corrected chi connectivity index (χ2v) is 5.19. The molecule has 1 amide bonds. The third-order valence-electron chi connectivity index (χ3n) is 3.10. The van der Waals surface area contributed by atoms with Gasteiger partial charge in [-0.25, -0.2) is 0 Å². The number of nitrogens with one attached hydrogen (secondary N) is 1. The summed E-state index contributed by atoms with van der Waals surface area (Å²) in [5, 5.41) is 3.41. The molecule has 0 saturated heterocycles. The summed E-state index contributed by atoms with van der Waals surface area (Å²) in [6.07, 6.45) is 1.14. The SMILES string of the molecule is CCC(C)(C)CNCc1cccc(C(N)=O)c1. The molecule has 0 spiro atoms. The van der Waals surface area contributed by atoms with Gasteiger partial charge in [0.25, 0.3) is 0 Å². The van der Waals surface area contributed by atoms with E-state index in [0.717, 1.165) is 25.1 Å². The van der Waals surface area contributed by atoms with Crippen LogP contribution < -0.4 is 11.1 Å². The Bertz CT molecular complexity index is 386. The first-order valence-corrected chi connectivity index (χ1v) is 6.04. The van der Waals surface area contributed by atoms with Crippen LogP contribution in [0.3, 0.4) is 0 Å². The maximum absolute atomic E-state index is 11.0. The van der Waals surface area contributed by atoms with Crippen LogP contribution in [0.5, 0.6) is 0 Å². The maximum atomic E-state index is 11.0. The van der Waals surface area contributed by atoms with E-state index in [1.807, 2.05) is 18.2 Å². The summed E-state index contributed by atoms with van der Waals surface area (Å²) in [5.74, 6) is -0.374. The van der Waals surface area contributed by atoms with Gasteiger partial charge in [0, 0.05) is 18.7 Å². The van der Waals surface area contributed by atoms with Crippen molar-refractivity contribution in [1.82, 2.24) is 5.32 Å². The standard InChI is InChI=1S/C14H22N2O/c1-4-14(2,3)10-16-9-11-6-5-7-12(8-11)13(15)17/h5-8,16H,4,9-10H2,1-3H3,(H2,15,17). The first kappa shape index (κ1) is 13.7. The van der Waals surface area contributed by atoms with E-state index >= 15 is 0 Å². The molecule has 17 heavy (non-hydrogen) atoms. The van der Waals surface area contributed by atoms with Gasteiger partial charge in [0.05, 0.1) is 0 Å². The minimum absolute atomic E-state index is 0.307. The van der Waals surface area contributed by atoms with Crippen LogP contribution in [-0.2, 0) is 6.54 Å². The Labute approximate surface area is 103 Å². The van der Waals surface area contributed by atoms with E-state index < -0.39 is 0 Å². The normalized spacial score (nSPS) is 11.5. The lowest BCUT2D eigenvalue weighted by Gasteiger charge is -2.23. The van der Waals surface area contributed by atoms with Crippen LogP contribution in [0.15, 0.2) is 24.3 Å². The fraction of sp³-hybridized carbons (Fsp3) is 0.500. The van der Waals surface area contributed by atoms with E-state index in [9.17, 15) is 4.79 Å². The van der Waals surface area contributed by atoms with Gasteiger partial charge in [-0.15, -0.1) is 0 Å². The first-order chi connectivity index (χ1) is 7.94. The molecule has 0 radical (unpaired) electrons. The lowest BCUT2D eigenvalue weighted by atomic mass is 9.90. The second kappa shape index (κ2) is 5.82. The molecule has 0 aliphatic heterocycles. The Balaban J connectivity index is 2.52. The lowest BCUT2D eigenvalue weighted by molar-refractivity contribution is 0.1000. The second-order valence-electron chi connectivity index (χ2n) is 5.19. The predicted octanol–water partition coefficient (Wildman–Crippen LogP) is 2.31. The molecular formula is C14H22N2O. The highest BCUT2D eigenvalue weighted by molar-refractivity contribution is 5.92. The van der Waals surface area contributed by atoms with E-state index in [2.05, 4.69) is 26.1 Å². The number of hydrogen-bond donors (Lipinski definition) is 2. The fourth-order valence-electron chi connectivity index (χ4n) is 1.50. The van der Waals surface area contributed by atoms with Crippen molar-refractivity contribution in [3.63, 3.8) is 0 Å². The largest absolute Gasteiger partial charge is 0.366 e. The summed E-state index contributed by atoms with van der Waals surface area (Å²) in [6, 6.07) is 7.44. The predicted molar refractivity (Wildman–Crippen MR) is 70.7 cm³/mol. The molecule has 0 heterocycles. The van der Waals surface area contributed by atoms with Crippen LogP contribution in [-0.4, -0.2) is 12.5 Å². The van der Waals surface area contributed by atoms with Gasteiger partial charge >= 0.3 is 0 Å². The van der Waals surface area contributed by atoms with Gasteiger partial charge in [-0.05, 0) is 29.5 Å². The molecule has 1 aromatic carbocycles. The molecule has 1 rings (SSSR count).